The van der Waals surface area contributed by atoms with Crippen molar-refractivity contribution < 1.29 is 23.5 Å². The molecule has 2 amide bonds. The van der Waals surface area contributed by atoms with Crippen molar-refractivity contribution in [3.05, 3.63) is 40.7 Å². The number of carbonyl (C=O) groups excluding carboxylic acids is 3. The molecule has 1 aromatic heterocycles. The molecule has 0 saturated carbocycles. The quantitative estimate of drug-likeness (QED) is 0.689. The summed E-state index contributed by atoms with van der Waals surface area (Å²) in [7, 11) is 0. The smallest absolute Gasteiger partial charge is 0.352 e. The van der Waals surface area contributed by atoms with E-state index in [1.54, 1.807) is 20.8 Å². The molecule has 0 fully saturated rings. The van der Waals surface area contributed by atoms with Gasteiger partial charge in [0, 0.05) is 11.2 Å². The third-order valence-corrected chi connectivity index (χ3v) is 4.69. The van der Waals surface area contributed by atoms with Crippen LogP contribution < -0.4 is 5.32 Å². The number of nitrogens with zero attached hydrogens (tertiary/aromatic N) is 3. The Labute approximate surface area is 172 Å². The van der Waals surface area contributed by atoms with Crippen molar-refractivity contribution in [2.75, 3.05) is 18.5 Å². The van der Waals surface area contributed by atoms with Gasteiger partial charge >= 0.3 is 5.97 Å². The summed E-state index contributed by atoms with van der Waals surface area (Å²) in [5.41, 5.74) is 0.234. The third kappa shape index (κ3) is 6.31. The summed E-state index contributed by atoms with van der Waals surface area (Å²) in [6.07, 6.45) is 0.520. The van der Waals surface area contributed by atoms with Crippen LogP contribution in [0.3, 0.4) is 0 Å². The first-order chi connectivity index (χ1) is 13.6. The second kappa shape index (κ2) is 9.55. The maximum atomic E-state index is 13.0. The second-order valence-corrected chi connectivity index (χ2v) is 7.94. The number of esters is 1. The zero-order valence-electron chi connectivity index (χ0n) is 16.7. The molecule has 1 aromatic carbocycles. The minimum absolute atomic E-state index is 0.250. The molecular formula is C19H23FN4O4S. The van der Waals surface area contributed by atoms with Gasteiger partial charge in [0.05, 0.1) is 5.69 Å². The molecule has 2 rings (SSSR count). The van der Waals surface area contributed by atoms with E-state index < -0.39 is 35.7 Å². The molecular weight excluding hydrogens is 399 g/mol. The average Bonchev–Trinajstić information content (AvgIpc) is 3.14. The molecule has 0 aliphatic heterocycles. The van der Waals surface area contributed by atoms with Gasteiger partial charge in [0.2, 0.25) is 5.91 Å². The molecule has 10 heteroatoms. The number of aromatic nitrogens is 2. The lowest BCUT2D eigenvalue weighted by molar-refractivity contribution is -0.142. The largest absolute Gasteiger partial charge is 0.451 e. The number of halogens is 1. The lowest BCUT2D eigenvalue weighted by Crippen LogP contribution is -2.50. The number of ether oxygens (including phenoxy) is 1. The number of nitrogens with one attached hydrogen (secondary N) is 1. The number of anilines is 1. The fourth-order valence-corrected chi connectivity index (χ4v) is 3.09. The predicted octanol–water partition coefficient (Wildman–Crippen LogP) is 2.66. The Kier molecular flexibility index (Phi) is 7.38. The molecule has 1 heterocycles. The lowest BCUT2D eigenvalue weighted by atomic mass is 10.1. The van der Waals surface area contributed by atoms with Gasteiger partial charge < -0.3 is 15.0 Å². The Balaban J connectivity index is 1.99. The molecule has 0 spiro atoms. The summed E-state index contributed by atoms with van der Waals surface area (Å²) in [5.74, 6) is -2.06. The first-order valence-corrected chi connectivity index (χ1v) is 9.73. The predicted molar refractivity (Wildman–Crippen MR) is 106 cm³/mol. The maximum absolute atomic E-state index is 13.0. The number of rotatable bonds is 7. The standard InChI is InChI=1S/C19H23FN4O4S/c1-5-14-17(29-23-22-14)18(27)28-11-16(26)24(19(2,3)4)10-15(25)21-13-8-6-12(20)7-9-13/h6-9H,5,10-11H2,1-4H3,(H,21,25). The van der Waals surface area contributed by atoms with E-state index in [1.165, 1.54) is 29.2 Å². The second-order valence-electron chi connectivity index (χ2n) is 7.18. The van der Waals surface area contributed by atoms with Crippen molar-refractivity contribution in [2.24, 2.45) is 0 Å². The molecule has 2 aromatic rings. The van der Waals surface area contributed by atoms with Crippen LogP contribution in [0.1, 0.15) is 43.1 Å². The highest BCUT2D eigenvalue weighted by molar-refractivity contribution is 7.07. The summed E-state index contributed by atoms with van der Waals surface area (Å²) in [6.45, 7) is 6.36. The number of amides is 2. The first kappa shape index (κ1) is 22.4. The molecule has 0 aliphatic carbocycles. The van der Waals surface area contributed by atoms with E-state index in [9.17, 15) is 18.8 Å². The summed E-state index contributed by atoms with van der Waals surface area (Å²) >= 11 is 0.909. The van der Waals surface area contributed by atoms with Crippen LogP contribution in [0.15, 0.2) is 24.3 Å². The van der Waals surface area contributed by atoms with Crippen molar-refractivity contribution in [2.45, 2.75) is 39.7 Å². The van der Waals surface area contributed by atoms with Crippen molar-refractivity contribution in [1.29, 1.82) is 0 Å². The van der Waals surface area contributed by atoms with Crippen LogP contribution >= 0.6 is 11.5 Å². The van der Waals surface area contributed by atoms with E-state index in [1.807, 2.05) is 6.92 Å². The maximum Gasteiger partial charge on any atom is 0.352 e. The average molecular weight is 422 g/mol. The Morgan fingerprint density at radius 1 is 1.21 bits per heavy atom. The van der Waals surface area contributed by atoms with Gasteiger partial charge in [-0.25, -0.2) is 9.18 Å². The van der Waals surface area contributed by atoms with E-state index in [2.05, 4.69) is 14.9 Å². The number of hydrogen-bond acceptors (Lipinski definition) is 7. The zero-order chi connectivity index (χ0) is 21.6. The van der Waals surface area contributed by atoms with Crippen molar-refractivity contribution in [3.63, 3.8) is 0 Å². The lowest BCUT2D eigenvalue weighted by Gasteiger charge is -2.35. The topological polar surface area (TPSA) is 101 Å². The van der Waals surface area contributed by atoms with E-state index in [4.69, 9.17) is 4.74 Å². The van der Waals surface area contributed by atoms with E-state index in [0.717, 1.165) is 11.5 Å². The van der Waals surface area contributed by atoms with Crippen molar-refractivity contribution >= 4 is 35.0 Å². The van der Waals surface area contributed by atoms with Gasteiger partial charge in [0.15, 0.2) is 11.5 Å². The molecule has 1 N–H and O–H groups in total. The van der Waals surface area contributed by atoms with Crippen LogP contribution in [-0.4, -0.2) is 51.0 Å². The van der Waals surface area contributed by atoms with Gasteiger partial charge in [-0.3, -0.25) is 9.59 Å². The Morgan fingerprint density at radius 3 is 2.45 bits per heavy atom. The third-order valence-electron chi connectivity index (χ3n) is 3.94. The molecule has 29 heavy (non-hydrogen) atoms. The minimum atomic E-state index is -0.690. The van der Waals surface area contributed by atoms with Crippen LogP contribution in [0.4, 0.5) is 10.1 Å². The Hall–Kier alpha value is -2.88. The molecule has 0 radical (unpaired) electrons. The normalized spacial score (nSPS) is 11.1. The van der Waals surface area contributed by atoms with Crippen molar-refractivity contribution in [3.8, 4) is 0 Å². The van der Waals surface area contributed by atoms with Crippen LogP contribution in [0.25, 0.3) is 0 Å². The van der Waals surface area contributed by atoms with Crippen LogP contribution in [0, 0.1) is 5.82 Å². The summed E-state index contributed by atoms with van der Waals surface area (Å²) in [5, 5.41) is 6.44. The van der Waals surface area contributed by atoms with Gasteiger partial charge in [-0.15, -0.1) is 5.10 Å². The molecule has 0 aliphatic rings. The molecule has 156 valence electrons. The Morgan fingerprint density at radius 2 is 1.86 bits per heavy atom. The highest BCUT2D eigenvalue weighted by atomic mass is 32.1. The van der Waals surface area contributed by atoms with Crippen LogP contribution in [-0.2, 0) is 20.7 Å². The number of aryl methyl sites for hydroxylation is 1. The van der Waals surface area contributed by atoms with Crippen molar-refractivity contribution in [1.82, 2.24) is 14.5 Å². The van der Waals surface area contributed by atoms with Crippen LogP contribution in [0.2, 0.25) is 0 Å². The number of carbonyl (C=O) groups is 3. The van der Waals surface area contributed by atoms with Gasteiger partial charge in [0.25, 0.3) is 5.91 Å². The fourth-order valence-electron chi connectivity index (χ4n) is 2.44. The monoisotopic (exact) mass is 422 g/mol. The molecule has 8 nitrogen and oxygen atoms in total. The minimum Gasteiger partial charge on any atom is -0.451 e. The highest BCUT2D eigenvalue weighted by Crippen LogP contribution is 2.16. The van der Waals surface area contributed by atoms with Crippen LogP contribution in [0.5, 0.6) is 0 Å². The molecule has 0 bridgehead atoms. The van der Waals surface area contributed by atoms with E-state index in [-0.39, 0.29) is 11.4 Å². The van der Waals surface area contributed by atoms with Gasteiger partial charge in [-0.2, -0.15) is 0 Å². The van der Waals surface area contributed by atoms with Gasteiger partial charge in [-0.1, -0.05) is 11.4 Å². The zero-order valence-corrected chi connectivity index (χ0v) is 17.5. The molecule has 0 atom stereocenters. The highest BCUT2D eigenvalue weighted by Gasteiger charge is 2.29. The Bertz CT molecular complexity index is 877. The summed E-state index contributed by atoms with van der Waals surface area (Å²) in [6, 6.07) is 5.29. The van der Waals surface area contributed by atoms with Gasteiger partial charge in [-0.05, 0) is 63.0 Å². The first-order valence-electron chi connectivity index (χ1n) is 8.96. The number of benzene rings is 1. The van der Waals surface area contributed by atoms with E-state index >= 15 is 0 Å². The fraction of sp³-hybridized carbons (Fsp3) is 0.421. The molecule has 0 unspecified atom stereocenters. The van der Waals surface area contributed by atoms with Gasteiger partial charge in [0.1, 0.15) is 12.4 Å². The van der Waals surface area contributed by atoms with E-state index in [0.29, 0.717) is 17.8 Å². The molecule has 0 saturated heterocycles. The summed E-state index contributed by atoms with van der Waals surface area (Å²) in [4.78, 5) is 38.7. The summed E-state index contributed by atoms with van der Waals surface area (Å²) < 4.78 is 21.8. The SMILES string of the molecule is CCc1nnsc1C(=O)OCC(=O)N(CC(=O)Nc1ccc(F)cc1)C(C)(C)C. The number of hydrogen-bond donors (Lipinski definition) is 1.